The van der Waals surface area contributed by atoms with Gasteiger partial charge in [-0.1, -0.05) is 20.8 Å². The maximum atomic E-state index is 8.67. The van der Waals surface area contributed by atoms with Crippen molar-refractivity contribution in [2.75, 3.05) is 13.2 Å². The lowest BCUT2D eigenvalue weighted by Gasteiger charge is -2.21. The molecule has 62 valence electrons. The molecule has 10 heavy (non-hydrogen) atoms. The molecule has 0 spiro atoms. The molecule has 0 unspecified atom stereocenters. The minimum atomic E-state index is 0.218. The highest BCUT2D eigenvalue weighted by molar-refractivity contribution is 4.67. The number of nitrogens with one attached hydrogen (secondary N) is 1. The van der Waals surface area contributed by atoms with Crippen LogP contribution in [0.3, 0.4) is 0 Å². The number of aliphatic hydroxyl groups excluding tert-OH is 1. The Morgan fingerprint density at radius 2 is 1.90 bits per heavy atom. The molecular weight excluding hydrogens is 126 g/mol. The van der Waals surface area contributed by atoms with Crippen LogP contribution < -0.4 is 5.32 Å². The largest absolute Gasteiger partial charge is 0.395 e. The molecule has 0 fully saturated rings. The second-order valence-electron chi connectivity index (χ2n) is 4.03. The Labute approximate surface area is 63.6 Å². The van der Waals surface area contributed by atoms with Crippen LogP contribution in [0.2, 0.25) is 0 Å². The van der Waals surface area contributed by atoms with Gasteiger partial charge in [0.25, 0.3) is 0 Å². The van der Waals surface area contributed by atoms with Gasteiger partial charge >= 0.3 is 0 Å². The summed E-state index contributed by atoms with van der Waals surface area (Å²) in [5.41, 5.74) is 0.309. The first kappa shape index (κ1) is 9.92. The summed E-state index contributed by atoms with van der Waals surface area (Å²) in [6.45, 7) is 9.66. The van der Waals surface area contributed by atoms with Gasteiger partial charge in [0.2, 0.25) is 0 Å². The molecule has 0 saturated heterocycles. The Morgan fingerprint density at radius 1 is 1.40 bits per heavy atom. The van der Waals surface area contributed by atoms with E-state index >= 15 is 0 Å². The molecule has 0 saturated carbocycles. The molecule has 1 atom stereocenters. The van der Waals surface area contributed by atoms with E-state index < -0.39 is 0 Å². The SMILES string of the molecule is C[C@H](CO)NCC(C)(C)C. The summed E-state index contributed by atoms with van der Waals surface area (Å²) in [6.07, 6.45) is 0. The molecule has 0 bridgehead atoms. The summed E-state index contributed by atoms with van der Waals surface area (Å²) in [4.78, 5) is 0. The minimum Gasteiger partial charge on any atom is -0.395 e. The van der Waals surface area contributed by atoms with Gasteiger partial charge in [-0.15, -0.1) is 0 Å². The first-order valence-corrected chi connectivity index (χ1v) is 3.80. The Balaban J connectivity index is 3.36. The van der Waals surface area contributed by atoms with Crippen molar-refractivity contribution in [1.29, 1.82) is 0 Å². The highest BCUT2D eigenvalue weighted by atomic mass is 16.3. The molecule has 0 amide bonds. The van der Waals surface area contributed by atoms with E-state index in [0.717, 1.165) is 6.54 Å². The molecule has 0 heterocycles. The zero-order valence-electron chi connectivity index (χ0n) is 7.44. The van der Waals surface area contributed by atoms with Crippen molar-refractivity contribution in [3.8, 4) is 0 Å². The predicted molar refractivity (Wildman–Crippen MR) is 44.0 cm³/mol. The first-order valence-electron chi connectivity index (χ1n) is 3.80. The summed E-state index contributed by atoms with van der Waals surface area (Å²) in [5.74, 6) is 0. The van der Waals surface area contributed by atoms with E-state index in [-0.39, 0.29) is 12.6 Å². The zero-order valence-corrected chi connectivity index (χ0v) is 7.44. The van der Waals surface area contributed by atoms with E-state index in [2.05, 4.69) is 26.1 Å². The van der Waals surface area contributed by atoms with Crippen LogP contribution >= 0.6 is 0 Å². The minimum absolute atomic E-state index is 0.218. The van der Waals surface area contributed by atoms with Gasteiger partial charge in [0.15, 0.2) is 0 Å². The fourth-order valence-electron chi connectivity index (χ4n) is 0.545. The van der Waals surface area contributed by atoms with Crippen LogP contribution in [0.15, 0.2) is 0 Å². The Morgan fingerprint density at radius 3 is 2.20 bits per heavy atom. The number of aliphatic hydroxyl groups is 1. The van der Waals surface area contributed by atoms with Crippen LogP contribution in [0, 0.1) is 5.41 Å². The molecule has 0 aliphatic heterocycles. The van der Waals surface area contributed by atoms with E-state index in [1.165, 1.54) is 0 Å². The molecular formula is C8H19NO. The standard InChI is InChI=1S/C8H19NO/c1-7(5-10)9-6-8(2,3)4/h7,9-10H,5-6H2,1-4H3/t7-/m1/s1. The van der Waals surface area contributed by atoms with Crippen LogP contribution in [-0.2, 0) is 0 Å². The third-order valence-electron chi connectivity index (χ3n) is 1.25. The average Bonchev–Trinajstić information content (AvgIpc) is 1.81. The van der Waals surface area contributed by atoms with Crippen LogP contribution in [0.4, 0.5) is 0 Å². The molecule has 0 aliphatic rings. The third-order valence-corrected chi connectivity index (χ3v) is 1.25. The van der Waals surface area contributed by atoms with E-state index in [1.54, 1.807) is 0 Å². The van der Waals surface area contributed by atoms with Crippen molar-refractivity contribution in [2.24, 2.45) is 5.41 Å². The third kappa shape index (κ3) is 6.05. The molecule has 2 nitrogen and oxygen atoms in total. The van der Waals surface area contributed by atoms with Crippen LogP contribution in [-0.4, -0.2) is 24.3 Å². The summed E-state index contributed by atoms with van der Waals surface area (Å²) < 4.78 is 0. The van der Waals surface area contributed by atoms with Crippen LogP contribution in [0.5, 0.6) is 0 Å². The van der Waals surface area contributed by atoms with E-state index in [1.807, 2.05) is 6.92 Å². The zero-order chi connectivity index (χ0) is 8.20. The van der Waals surface area contributed by atoms with Gasteiger partial charge in [-0.2, -0.15) is 0 Å². The van der Waals surface area contributed by atoms with Gasteiger partial charge < -0.3 is 10.4 Å². The smallest absolute Gasteiger partial charge is 0.0581 e. The lowest BCUT2D eigenvalue weighted by Crippen LogP contribution is -2.35. The maximum Gasteiger partial charge on any atom is 0.0581 e. The molecule has 0 rings (SSSR count). The predicted octanol–water partition coefficient (Wildman–Crippen LogP) is 1.00. The molecule has 2 heteroatoms. The first-order chi connectivity index (χ1) is 4.45. The average molecular weight is 145 g/mol. The van der Waals surface area contributed by atoms with E-state index in [9.17, 15) is 0 Å². The second-order valence-corrected chi connectivity index (χ2v) is 4.03. The topological polar surface area (TPSA) is 32.3 Å². The molecule has 2 N–H and O–H groups in total. The van der Waals surface area contributed by atoms with Crippen LogP contribution in [0.1, 0.15) is 27.7 Å². The van der Waals surface area contributed by atoms with Crippen LogP contribution in [0.25, 0.3) is 0 Å². The maximum absolute atomic E-state index is 8.67. The fourth-order valence-corrected chi connectivity index (χ4v) is 0.545. The normalized spacial score (nSPS) is 15.3. The van der Waals surface area contributed by atoms with Gasteiger partial charge in [0.05, 0.1) is 6.61 Å². The summed E-state index contributed by atoms with van der Waals surface area (Å²) >= 11 is 0. The van der Waals surface area contributed by atoms with Gasteiger partial charge in [0, 0.05) is 12.6 Å². The highest BCUT2D eigenvalue weighted by Crippen LogP contribution is 2.10. The van der Waals surface area contributed by atoms with Crippen molar-refractivity contribution in [1.82, 2.24) is 5.32 Å². The van der Waals surface area contributed by atoms with Crippen molar-refractivity contribution in [2.45, 2.75) is 33.7 Å². The van der Waals surface area contributed by atoms with Gasteiger partial charge in [-0.3, -0.25) is 0 Å². The Bertz CT molecular complexity index is 85.7. The summed E-state index contributed by atoms with van der Waals surface area (Å²) in [5, 5.41) is 11.9. The van der Waals surface area contributed by atoms with Gasteiger partial charge in [0.1, 0.15) is 0 Å². The molecule has 0 radical (unpaired) electrons. The number of hydrogen-bond acceptors (Lipinski definition) is 2. The second kappa shape index (κ2) is 3.94. The fraction of sp³-hybridized carbons (Fsp3) is 1.00. The molecule has 0 aromatic carbocycles. The lowest BCUT2D eigenvalue weighted by atomic mass is 9.97. The van der Waals surface area contributed by atoms with Crippen molar-refractivity contribution >= 4 is 0 Å². The quantitative estimate of drug-likeness (QED) is 0.621. The lowest BCUT2D eigenvalue weighted by molar-refractivity contribution is 0.237. The van der Waals surface area contributed by atoms with Gasteiger partial charge in [-0.05, 0) is 12.3 Å². The molecule has 0 aromatic rings. The van der Waals surface area contributed by atoms with E-state index in [0.29, 0.717) is 5.41 Å². The highest BCUT2D eigenvalue weighted by Gasteiger charge is 2.10. The summed E-state index contributed by atoms with van der Waals surface area (Å²) in [7, 11) is 0. The van der Waals surface area contributed by atoms with Crippen molar-refractivity contribution < 1.29 is 5.11 Å². The Hall–Kier alpha value is -0.0800. The number of hydrogen-bond donors (Lipinski definition) is 2. The number of rotatable bonds is 3. The van der Waals surface area contributed by atoms with Gasteiger partial charge in [-0.25, -0.2) is 0 Å². The molecule has 0 aliphatic carbocycles. The Kier molecular flexibility index (Phi) is 3.91. The van der Waals surface area contributed by atoms with Crippen molar-refractivity contribution in [3.05, 3.63) is 0 Å². The van der Waals surface area contributed by atoms with Crippen molar-refractivity contribution in [3.63, 3.8) is 0 Å². The van der Waals surface area contributed by atoms with E-state index in [4.69, 9.17) is 5.11 Å². The monoisotopic (exact) mass is 145 g/mol. The molecule has 0 aromatic heterocycles. The summed E-state index contributed by atoms with van der Waals surface area (Å²) in [6, 6.07) is 0.222.